The molecule has 3 N–H and O–H groups in total. The summed E-state index contributed by atoms with van der Waals surface area (Å²) in [5.41, 5.74) is 11.1. The predicted octanol–water partition coefficient (Wildman–Crippen LogP) is 5.39. The zero-order chi connectivity index (χ0) is 20.9. The normalized spacial score (nSPS) is 15.3. The second-order valence-electron chi connectivity index (χ2n) is 8.15. The average molecular weight is 430 g/mol. The quantitative estimate of drug-likeness (QED) is 0.402. The molecule has 4 aromatic heterocycles. The molecule has 0 amide bonds. The number of aromatic nitrogens is 3. The molecule has 0 spiro atoms. The molecule has 31 heavy (non-hydrogen) atoms. The fraction of sp³-hybridized carbons (Fsp3) is 0.250. The van der Waals surface area contributed by atoms with Crippen molar-refractivity contribution in [2.45, 2.75) is 25.8 Å². The van der Waals surface area contributed by atoms with Gasteiger partial charge >= 0.3 is 0 Å². The minimum atomic E-state index is 0.414. The van der Waals surface area contributed by atoms with Crippen LogP contribution in [0.5, 0.6) is 0 Å². The van der Waals surface area contributed by atoms with E-state index in [0.717, 1.165) is 59.3 Å². The van der Waals surface area contributed by atoms with Crippen LogP contribution in [0.4, 0.5) is 5.82 Å². The fourth-order valence-corrected chi connectivity index (χ4v) is 5.58. The molecule has 0 radical (unpaired) electrons. The number of hydrogen-bond acceptors (Lipinski definition) is 6. The van der Waals surface area contributed by atoms with Crippen LogP contribution in [-0.2, 0) is 0 Å². The van der Waals surface area contributed by atoms with Gasteiger partial charge in [0.2, 0.25) is 0 Å². The first kappa shape index (κ1) is 18.6. The van der Waals surface area contributed by atoms with Crippen LogP contribution in [0.15, 0.2) is 52.7 Å². The van der Waals surface area contributed by atoms with Crippen molar-refractivity contribution in [1.29, 1.82) is 0 Å². The summed E-state index contributed by atoms with van der Waals surface area (Å²) in [7, 11) is 0. The van der Waals surface area contributed by atoms with Gasteiger partial charge in [0.05, 0.1) is 12.2 Å². The number of hydrogen-bond donors (Lipinski definition) is 2. The highest BCUT2D eigenvalue weighted by Crippen LogP contribution is 2.43. The van der Waals surface area contributed by atoms with Crippen LogP contribution in [0.3, 0.4) is 0 Å². The molecule has 0 bridgehead atoms. The smallest absolute Gasteiger partial charge is 0.177 e. The molecule has 6 rings (SSSR count). The Bertz CT molecular complexity index is 1410. The topological polar surface area (TPSA) is 81.9 Å². The summed E-state index contributed by atoms with van der Waals surface area (Å²) < 4.78 is 9.68. The Morgan fingerprint density at radius 2 is 2.03 bits per heavy atom. The van der Waals surface area contributed by atoms with Gasteiger partial charge in [0.25, 0.3) is 0 Å². The molecule has 6 nitrogen and oxygen atoms in total. The lowest BCUT2D eigenvalue weighted by molar-refractivity contribution is 0.343. The highest BCUT2D eigenvalue weighted by Gasteiger charge is 2.22. The number of pyridine rings is 1. The number of benzene rings is 1. The van der Waals surface area contributed by atoms with Crippen molar-refractivity contribution >= 4 is 38.2 Å². The number of nitrogens with two attached hydrogens (primary N) is 1. The molecule has 1 fully saturated rings. The Balaban J connectivity index is 1.52. The summed E-state index contributed by atoms with van der Waals surface area (Å²) in [6.07, 6.45) is 8.10. The number of nitrogens with zero attached hydrogens (tertiary/aromatic N) is 3. The third-order valence-corrected chi connectivity index (χ3v) is 7.26. The van der Waals surface area contributed by atoms with Crippen LogP contribution in [-0.4, -0.2) is 27.9 Å². The van der Waals surface area contributed by atoms with Crippen molar-refractivity contribution in [2.75, 3.05) is 18.8 Å². The fourth-order valence-electron chi connectivity index (χ4n) is 4.67. The summed E-state index contributed by atoms with van der Waals surface area (Å²) in [6, 6.07) is 8.89. The van der Waals surface area contributed by atoms with Gasteiger partial charge < -0.3 is 15.5 Å². The maximum Gasteiger partial charge on any atom is 0.177 e. The molecular weight excluding hydrogens is 406 g/mol. The zero-order valence-corrected chi connectivity index (χ0v) is 18.1. The lowest BCUT2D eigenvalue weighted by Gasteiger charge is -2.22. The van der Waals surface area contributed by atoms with E-state index in [1.165, 1.54) is 10.1 Å². The van der Waals surface area contributed by atoms with Gasteiger partial charge in [0.1, 0.15) is 5.76 Å². The zero-order valence-electron chi connectivity index (χ0n) is 17.3. The van der Waals surface area contributed by atoms with Gasteiger partial charge in [-0.1, -0.05) is 12.1 Å². The Hall–Kier alpha value is -3.16. The van der Waals surface area contributed by atoms with Crippen molar-refractivity contribution in [3.63, 3.8) is 0 Å². The van der Waals surface area contributed by atoms with Crippen LogP contribution in [0.2, 0.25) is 0 Å². The van der Waals surface area contributed by atoms with Crippen LogP contribution < -0.4 is 11.1 Å². The van der Waals surface area contributed by atoms with Gasteiger partial charge in [0, 0.05) is 44.7 Å². The van der Waals surface area contributed by atoms with Crippen molar-refractivity contribution in [1.82, 2.24) is 20.1 Å². The third-order valence-electron chi connectivity index (χ3n) is 6.30. The Morgan fingerprint density at radius 1 is 1.16 bits per heavy atom. The largest absolute Gasteiger partial charge is 0.452 e. The van der Waals surface area contributed by atoms with Crippen LogP contribution in [0, 0.1) is 6.92 Å². The van der Waals surface area contributed by atoms with E-state index in [4.69, 9.17) is 10.2 Å². The summed E-state index contributed by atoms with van der Waals surface area (Å²) >= 11 is 1.73. The summed E-state index contributed by atoms with van der Waals surface area (Å²) in [6.45, 7) is 4.17. The van der Waals surface area contributed by atoms with E-state index >= 15 is 0 Å². The maximum absolute atomic E-state index is 6.36. The van der Waals surface area contributed by atoms with Gasteiger partial charge in [-0.2, -0.15) is 5.10 Å². The Kier molecular flexibility index (Phi) is 4.33. The van der Waals surface area contributed by atoms with Crippen LogP contribution in [0.1, 0.15) is 24.4 Å². The van der Waals surface area contributed by atoms with Crippen LogP contribution in [0.25, 0.3) is 43.5 Å². The number of fused-ring (bicyclic) bond motifs is 2. The molecular formula is C24H23N5OS. The molecule has 0 saturated carbocycles. The first-order chi connectivity index (χ1) is 15.2. The molecule has 156 valence electrons. The Labute approximate surface area is 183 Å². The van der Waals surface area contributed by atoms with E-state index in [-0.39, 0.29) is 0 Å². The SMILES string of the molecule is Cc1c(-c2cccc3ccsc23)oc2c(N)ncc(-c3cnn(C4CCNCC4)c3)c12. The van der Waals surface area contributed by atoms with Crippen molar-refractivity contribution in [3.8, 4) is 22.5 Å². The van der Waals surface area contributed by atoms with Gasteiger partial charge in [-0.05, 0) is 55.8 Å². The minimum Gasteiger partial charge on any atom is -0.452 e. The lowest BCUT2D eigenvalue weighted by atomic mass is 10.0. The first-order valence-electron chi connectivity index (χ1n) is 10.6. The van der Waals surface area contributed by atoms with E-state index in [2.05, 4.69) is 62.8 Å². The van der Waals surface area contributed by atoms with Crippen LogP contribution >= 0.6 is 11.3 Å². The number of rotatable bonds is 3. The predicted molar refractivity (Wildman–Crippen MR) is 126 cm³/mol. The molecule has 5 aromatic rings. The molecule has 7 heteroatoms. The second kappa shape index (κ2) is 7.21. The molecule has 5 heterocycles. The molecule has 0 atom stereocenters. The summed E-state index contributed by atoms with van der Waals surface area (Å²) in [5, 5.41) is 12.4. The Morgan fingerprint density at radius 3 is 2.90 bits per heavy atom. The maximum atomic E-state index is 6.36. The number of anilines is 1. The number of aryl methyl sites for hydroxylation is 1. The monoisotopic (exact) mass is 429 g/mol. The first-order valence-corrected chi connectivity index (χ1v) is 11.5. The van der Waals surface area contributed by atoms with E-state index in [1.54, 1.807) is 11.3 Å². The van der Waals surface area contributed by atoms with Gasteiger partial charge in [-0.15, -0.1) is 11.3 Å². The molecule has 0 unspecified atom stereocenters. The molecule has 1 aliphatic rings. The lowest BCUT2D eigenvalue weighted by Crippen LogP contribution is -2.29. The molecule has 1 aromatic carbocycles. The van der Waals surface area contributed by atoms with Crippen molar-refractivity contribution in [2.24, 2.45) is 0 Å². The van der Waals surface area contributed by atoms with E-state index in [0.29, 0.717) is 17.4 Å². The highest BCUT2D eigenvalue weighted by molar-refractivity contribution is 7.17. The molecule has 1 saturated heterocycles. The second-order valence-corrected chi connectivity index (χ2v) is 9.07. The summed E-state index contributed by atoms with van der Waals surface area (Å²) in [5.74, 6) is 1.27. The minimum absolute atomic E-state index is 0.414. The number of piperidine rings is 1. The number of furan rings is 1. The number of nitrogens with one attached hydrogen (secondary N) is 1. The van der Waals surface area contributed by atoms with Gasteiger partial charge in [0.15, 0.2) is 11.4 Å². The number of thiophene rings is 1. The molecule has 1 aliphatic heterocycles. The average Bonchev–Trinajstić information content (AvgIpc) is 3.54. The van der Waals surface area contributed by atoms with E-state index in [9.17, 15) is 0 Å². The third kappa shape index (κ3) is 2.96. The standard InChI is InChI=1S/C24H23N5OS/c1-14-20-19(16-11-28-29(13-16)17-5-8-26-9-6-17)12-27-24(25)22(20)30-21(14)18-4-2-3-15-7-10-31-23(15)18/h2-4,7,10-13,17,26H,5-6,8-9H2,1H3,(H2,25,27). The highest BCUT2D eigenvalue weighted by atomic mass is 32.1. The van der Waals surface area contributed by atoms with Gasteiger partial charge in [-0.3, -0.25) is 4.68 Å². The van der Waals surface area contributed by atoms with Gasteiger partial charge in [-0.25, -0.2) is 4.98 Å². The molecule has 0 aliphatic carbocycles. The van der Waals surface area contributed by atoms with Crippen molar-refractivity contribution < 1.29 is 4.42 Å². The van der Waals surface area contributed by atoms with E-state index in [1.807, 2.05) is 12.4 Å². The van der Waals surface area contributed by atoms with Crippen molar-refractivity contribution in [3.05, 3.63) is 53.8 Å². The summed E-state index contributed by atoms with van der Waals surface area (Å²) in [4.78, 5) is 4.45. The number of nitrogen functional groups attached to an aromatic ring is 1. The van der Waals surface area contributed by atoms with E-state index < -0.39 is 0 Å².